The zero-order valence-electron chi connectivity index (χ0n) is 19.4. The lowest BCUT2D eigenvalue weighted by Gasteiger charge is -2.43. The predicted molar refractivity (Wildman–Crippen MR) is 121 cm³/mol. The van der Waals surface area contributed by atoms with Crippen LogP contribution in [0.2, 0.25) is 0 Å². The normalized spacial score (nSPS) is 20.4. The number of anilines is 1. The molecule has 1 aromatic carbocycles. The number of nitrogens with one attached hydrogen (secondary N) is 2. The summed E-state index contributed by atoms with van der Waals surface area (Å²) in [5.41, 5.74) is -1.45. The number of unbranched alkanes of at least 4 members (excludes halogenated alkanes) is 1. The van der Waals surface area contributed by atoms with E-state index in [0.29, 0.717) is 6.54 Å². The maximum atomic E-state index is 13.9. The molecule has 0 radical (unpaired) electrons. The second kappa shape index (κ2) is 9.52. The van der Waals surface area contributed by atoms with Crippen molar-refractivity contribution in [2.24, 2.45) is 0 Å². The molecular weight excluding hydrogens is 444 g/mol. The molecule has 1 aliphatic carbocycles. The second-order valence-corrected chi connectivity index (χ2v) is 9.19. The van der Waals surface area contributed by atoms with Gasteiger partial charge in [-0.1, -0.05) is 26.2 Å². The van der Waals surface area contributed by atoms with Gasteiger partial charge in [-0.15, -0.1) is 0 Å². The van der Waals surface area contributed by atoms with Gasteiger partial charge in [-0.05, 0) is 38.3 Å². The van der Waals surface area contributed by atoms with E-state index < -0.39 is 29.0 Å². The molecule has 2 N–H and O–H groups in total. The van der Waals surface area contributed by atoms with Gasteiger partial charge in [0.15, 0.2) is 5.69 Å². The third-order valence-corrected chi connectivity index (χ3v) is 6.62. The van der Waals surface area contributed by atoms with Crippen LogP contribution in [0.25, 0.3) is 0 Å². The fraction of sp³-hybridized carbons (Fsp3) is 0.500. The van der Waals surface area contributed by atoms with Gasteiger partial charge in [-0.25, -0.2) is 8.78 Å². The van der Waals surface area contributed by atoms with Gasteiger partial charge in [-0.2, -0.15) is 5.10 Å². The Labute approximate surface area is 196 Å². The minimum atomic E-state index is -1.17. The van der Waals surface area contributed by atoms with Crippen LogP contribution in [0, 0.1) is 11.6 Å². The number of aromatic nitrogens is 2. The summed E-state index contributed by atoms with van der Waals surface area (Å²) in [4.78, 5) is 41.0. The highest BCUT2D eigenvalue weighted by molar-refractivity contribution is 6.06. The molecule has 0 unspecified atom stereocenters. The van der Waals surface area contributed by atoms with Crippen LogP contribution in [0.3, 0.4) is 0 Å². The van der Waals surface area contributed by atoms with Crippen molar-refractivity contribution in [3.05, 3.63) is 47.3 Å². The van der Waals surface area contributed by atoms with Crippen molar-refractivity contribution in [2.45, 2.75) is 70.5 Å². The van der Waals surface area contributed by atoms with Crippen molar-refractivity contribution in [2.75, 3.05) is 11.9 Å². The molecule has 0 bridgehead atoms. The Morgan fingerprint density at radius 3 is 2.65 bits per heavy atom. The minimum Gasteiger partial charge on any atom is -0.351 e. The first-order chi connectivity index (χ1) is 16.2. The first-order valence-electron chi connectivity index (χ1n) is 11.7. The first-order valence-corrected chi connectivity index (χ1v) is 11.7. The van der Waals surface area contributed by atoms with Crippen LogP contribution >= 0.6 is 0 Å². The molecule has 3 amide bonds. The maximum Gasteiger partial charge on any atom is 0.276 e. The summed E-state index contributed by atoms with van der Waals surface area (Å²) >= 11 is 0. The molecule has 4 rings (SSSR count). The van der Waals surface area contributed by atoms with E-state index in [1.165, 1.54) is 10.7 Å². The maximum absolute atomic E-state index is 13.9. The van der Waals surface area contributed by atoms with E-state index in [2.05, 4.69) is 15.7 Å². The average molecular weight is 474 g/mol. The number of rotatable bonds is 7. The lowest BCUT2D eigenvalue weighted by molar-refractivity contribution is -0.133. The Morgan fingerprint density at radius 1 is 1.21 bits per heavy atom. The van der Waals surface area contributed by atoms with E-state index in [1.54, 1.807) is 11.8 Å². The number of halogens is 2. The predicted octanol–water partition coefficient (Wildman–Crippen LogP) is 3.49. The molecule has 0 spiro atoms. The standard InChI is InChI=1S/C24H29F2N5O3/c1-3-4-11-30-22(33)20-13-19(21(32)28-18-12-15(25)9-10-17(18)26)29-31(20)14-24(30,2)23(34)27-16-7-5-6-8-16/h9-10,12-13,16H,3-8,11,14H2,1-2H3,(H,27,34)(H,28,32)/t24-/m0/s1. The molecule has 0 saturated heterocycles. The van der Waals surface area contributed by atoms with Crippen LogP contribution in [0.15, 0.2) is 24.3 Å². The van der Waals surface area contributed by atoms with Crippen molar-refractivity contribution in [3.63, 3.8) is 0 Å². The van der Waals surface area contributed by atoms with Gasteiger partial charge in [-0.3, -0.25) is 19.1 Å². The van der Waals surface area contributed by atoms with Crippen molar-refractivity contribution in [3.8, 4) is 0 Å². The fourth-order valence-corrected chi connectivity index (χ4v) is 4.61. The van der Waals surface area contributed by atoms with Crippen LogP contribution in [-0.4, -0.2) is 50.5 Å². The van der Waals surface area contributed by atoms with Crippen molar-refractivity contribution in [1.29, 1.82) is 0 Å². The van der Waals surface area contributed by atoms with Crippen LogP contribution in [-0.2, 0) is 11.3 Å². The summed E-state index contributed by atoms with van der Waals surface area (Å²) in [5.74, 6) is -2.91. The van der Waals surface area contributed by atoms with Crippen LogP contribution in [0.4, 0.5) is 14.5 Å². The molecule has 182 valence electrons. The molecule has 1 aromatic heterocycles. The van der Waals surface area contributed by atoms with Gasteiger partial charge >= 0.3 is 0 Å². The molecule has 1 aliphatic heterocycles. The van der Waals surface area contributed by atoms with Gasteiger partial charge in [0.05, 0.1) is 12.2 Å². The molecule has 2 heterocycles. The van der Waals surface area contributed by atoms with Gasteiger partial charge in [0.1, 0.15) is 22.9 Å². The third-order valence-electron chi connectivity index (χ3n) is 6.62. The highest BCUT2D eigenvalue weighted by Gasteiger charge is 2.48. The number of fused-ring (bicyclic) bond motifs is 1. The summed E-state index contributed by atoms with van der Waals surface area (Å²) < 4.78 is 28.8. The minimum absolute atomic E-state index is 0.0813. The molecule has 34 heavy (non-hydrogen) atoms. The second-order valence-electron chi connectivity index (χ2n) is 9.19. The monoisotopic (exact) mass is 473 g/mol. The number of hydrogen-bond donors (Lipinski definition) is 2. The quantitative estimate of drug-likeness (QED) is 0.644. The lowest BCUT2D eigenvalue weighted by Crippen LogP contribution is -2.65. The highest BCUT2D eigenvalue weighted by Crippen LogP contribution is 2.29. The molecule has 8 nitrogen and oxygen atoms in total. The smallest absolute Gasteiger partial charge is 0.276 e. The molecular formula is C24H29F2N5O3. The van der Waals surface area contributed by atoms with E-state index in [0.717, 1.165) is 56.7 Å². The molecule has 1 fully saturated rings. The van der Waals surface area contributed by atoms with Crippen LogP contribution in [0.1, 0.15) is 73.3 Å². The Balaban J connectivity index is 1.61. The largest absolute Gasteiger partial charge is 0.351 e. The number of amides is 3. The van der Waals surface area contributed by atoms with Crippen LogP contribution in [0.5, 0.6) is 0 Å². The average Bonchev–Trinajstić information content (AvgIpc) is 3.46. The summed E-state index contributed by atoms with van der Waals surface area (Å²) in [6.45, 7) is 4.20. The Kier molecular flexibility index (Phi) is 6.67. The van der Waals surface area contributed by atoms with Gasteiger partial charge < -0.3 is 15.5 Å². The van der Waals surface area contributed by atoms with Gasteiger partial charge in [0.2, 0.25) is 5.91 Å². The SMILES string of the molecule is CCCCN1C(=O)c2cc(C(=O)Nc3cc(F)ccc3F)nn2C[C@@]1(C)C(=O)NC1CCCC1. The zero-order chi connectivity index (χ0) is 24.5. The summed E-state index contributed by atoms with van der Waals surface area (Å²) in [7, 11) is 0. The number of nitrogens with zero attached hydrogens (tertiary/aromatic N) is 3. The summed E-state index contributed by atoms with van der Waals surface area (Å²) in [6, 6.07) is 4.13. The number of benzene rings is 1. The van der Waals surface area contributed by atoms with Crippen LogP contribution < -0.4 is 10.6 Å². The number of carbonyl (C=O) groups excluding carboxylic acids is 3. The molecule has 1 atom stereocenters. The Bertz CT molecular complexity index is 1110. The topological polar surface area (TPSA) is 96.3 Å². The molecule has 1 saturated carbocycles. The molecule has 2 aromatic rings. The summed E-state index contributed by atoms with van der Waals surface area (Å²) in [5, 5.41) is 9.62. The van der Waals surface area contributed by atoms with Gasteiger partial charge in [0.25, 0.3) is 11.8 Å². The van der Waals surface area contributed by atoms with E-state index in [4.69, 9.17) is 0 Å². The summed E-state index contributed by atoms with van der Waals surface area (Å²) in [6.07, 6.45) is 5.52. The highest BCUT2D eigenvalue weighted by atomic mass is 19.1. The van der Waals surface area contributed by atoms with E-state index in [1.807, 2.05) is 6.92 Å². The number of carbonyl (C=O) groups is 3. The van der Waals surface area contributed by atoms with Crippen molar-refractivity contribution >= 4 is 23.4 Å². The zero-order valence-corrected chi connectivity index (χ0v) is 19.4. The lowest BCUT2D eigenvalue weighted by atomic mass is 9.94. The fourth-order valence-electron chi connectivity index (χ4n) is 4.61. The Hall–Kier alpha value is -3.30. The van der Waals surface area contributed by atoms with E-state index >= 15 is 0 Å². The van der Waals surface area contributed by atoms with E-state index in [-0.39, 0.29) is 35.6 Å². The Morgan fingerprint density at radius 2 is 1.94 bits per heavy atom. The molecule has 10 heteroatoms. The number of hydrogen-bond acceptors (Lipinski definition) is 4. The van der Waals surface area contributed by atoms with Gasteiger partial charge in [0, 0.05) is 24.7 Å². The third kappa shape index (κ3) is 4.53. The first kappa shape index (κ1) is 23.8. The van der Waals surface area contributed by atoms with Crippen molar-refractivity contribution in [1.82, 2.24) is 20.0 Å². The molecule has 2 aliphatic rings. The van der Waals surface area contributed by atoms with Crippen molar-refractivity contribution < 1.29 is 23.2 Å². The van der Waals surface area contributed by atoms with E-state index in [9.17, 15) is 23.2 Å².